The van der Waals surface area contributed by atoms with Crippen molar-refractivity contribution in [3.05, 3.63) is 20.8 Å². The van der Waals surface area contributed by atoms with Gasteiger partial charge < -0.3 is 5.73 Å². The maximum Gasteiger partial charge on any atom is 0.0406 e. The van der Waals surface area contributed by atoms with Gasteiger partial charge in [0.15, 0.2) is 0 Å². The highest BCUT2D eigenvalue weighted by atomic mass is 79.9. The third-order valence-corrected chi connectivity index (χ3v) is 4.88. The zero-order valence-corrected chi connectivity index (χ0v) is 11.9. The highest BCUT2D eigenvalue weighted by Crippen LogP contribution is 2.31. The predicted molar refractivity (Wildman–Crippen MR) is 71.2 cm³/mol. The van der Waals surface area contributed by atoms with E-state index in [1.54, 1.807) is 11.3 Å². The van der Waals surface area contributed by atoms with Gasteiger partial charge in [-0.3, -0.25) is 0 Å². The average molecular weight is 294 g/mol. The first-order valence-corrected chi connectivity index (χ1v) is 7.23. The Morgan fingerprint density at radius 3 is 2.57 bits per heavy atom. The van der Waals surface area contributed by atoms with Gasteiger partial charge in [-0.05, 0) is 26.9 Å². The molecule has 0 amide bonds. The van der Waals surface area contributed by atoms with E-state index in [0.717, 1.165) is 10.2 Å². The van der Waals surface area contributed by atoms with Gasteiger partial charge in [-0.2, -0.15) is 23.1 Å². The molecule has 0 aliphatic rings. The maximum atomic E-state index is 6.10. The van der Waals surface area contributed by atoms with Crippen LogP contribution in [0.1, 0.15) is 32.4 Å². The molecule has 1 unspecified atom stereocenters. The minimum absolute atomic E-state index is 0.139. The van der Waals surface area contributed by atoms with Gasteiger partial charge in [-0.25, -0.2) is 0 Å². The van der Waals surface area contributed by atoms with E-state index in [1.807, 2.05) is 11.8 Å². The molecule has 4 heteroatoms. The molecule has 14 heavy (non-hydrogen) atoms. The minimum Gasteiger partial charge on any atom is -0.323 e. The number of halogens is 1. The van der Waals surface area contributed by atoms with Crippen LogP contribution in [0.15, 0.2) is 15.2 Å². The first-order valence-electron chi connectivity index (χ1n) is 4.51. The summed E-state index contributed by atoms with van der Waals surface area (Å²) in [4.78, 5) is 0. The highest BCUT2D eigenvalue weighted by molar-refractivity contribution is 9.10. The van der Waals surface area contributed by atoms with Gasteiger partial charge >= 0.3 is 0 Å². The molecule has 80 valence electrons. The van der Waals surface area contributed by atoms with Crippen LogP contribution in [0.4, 0.5) is 0 Å². The molecule has 0 saturated heterocycles. The molecule has 0 fully saturated rings. The second-order valence-electron chi connectivity index (χ2n) is 4.20. The molecule has 0 aliphatic heterocycles. The normalized spacial score (nSPS) is 14.4. The van der Waals surface area contributed by atoms with Crippen molar-refractivity contribution in [2.75, 3.05) is 5.75 Å². The van der Waals surface area contributed by atoms with Crippen molar-refractivity contribution in [1.82, 2.24) is 0 Å². The van der Waals surface area contributed by atoms with Crippen molar-refractivity contribution in [2.24, 2.45) is 5.73 Å². The van der Waals surface area contributed by atoms with E-state index in [1.165, 1.54) is 5.56 Å². The van der Waals surface area contributed by atoms with E-state index in [0.29, 0.717) is 4.75 Å². The van der Waals surface area contributed by atoms with Gasteiger partial charge in [0.05, 0.1) is 0 Å². The summed E-state index contributed by atoms with van der Waals surface area (Å²) in [7, 11) is 0. The summed E-state index contributed by atoms with van der Waals surface area (Å²) in [5.74, 6) is 0.971. The zero-order valence-electron chi connectivity index (χ0n) is 8.71. The summed E-state index contributed by atoms with van der Waals surface area (Å²) in [6.45, 7) is 6.65. The van der Waals surface area contributed by atoms with E-state index in [2.05, 4.69) is 47.5 Å². The number of hydrogen-bond donors (Lipinski definition) is 1. The van der Waals surface area contributed by atoms with Crippen molar-refractivity contribution in [1.29, 1.82) is 0 Å². The first-order chi connectivity index (χ1) is 6.40. The number of rotatable bonds is 3. The molecule has 0 saturated carbocycles. The molecular formula is C10H16BrNS2. The summed E-state index contributed by atoms with van der Waals surface area (Å²) in [6, 6.07) is 0.139. The van der Waals surface area contributed by atoms with Crippen LogP contribution in [0.5, 0.6) is 0 Å². The molecule has 1 aromatic rings. The smallest absolute Gasteiger partial charge is 0.0406 e. The Labute approximate surface area is 103 Å². The van der Waals surface area contributed by atoms with E-state index in [-0.39, 0.29) is 6.04 Å². The predicted octanol–water partition coefficient (Wildman–Crippen LogP) is 4.04. The van der Waals surface area contributed by atoms with Crippen LogP contribution in [0.3, 0.4) is 0 Å². The number of thiophene rings is 1. The summed E-state index contributed by atoms with van der Waals surface area (Å²) in [5.41, 5.74) is 7.33. The standard InChI is InChI=1S/C10H16BrNS2/c1-10(2,3)14-6-9(12)7-4-13-5-8(7)11/h4-5,9H,6,12H2,1-3H3. The van der Waals surface area contributed by atoms with Gasteiger partial charge in [0.1, 0.15) is 0 Å². The summed E-state index contributed by atoms with van der Waals surface area (Å²) < 4.78 is 1.43. The lowest BCUT2D eigenvalue weighted by Crippen LogP contribution is -2.17. The van der Waals surface area contributed by atoms with Crippen LogP contribution >= 0.6 is 39.0 Å². The number of hydrogen-bond acceptors (Lipinski definition) is 3. The SMILES string of the molecule is CC(C)(C)SCC(N)c1cscc1Br. The fourth-order valence-corrected chi connectivity index (χ4v) is 3.50. The third-order valence-electron chi connectivity index (χ3n) is 1.74. The highest BCUT2D eigenvalue weighted by Gasteiger charge is 2.16. The molecule has 2 N–H and O–H groups in total. The van der Waals surface area contributed by atoms with Crippen LogP contribution in [-0.4, -0.2) is 10.5 Å². The molecule has 0 radical (unpaired) electrons. The quantitative estimate of drug-likeness (QED) is 0.910. The van der Waals surface area contributed by atoms with Crippen molar-refractivity contribution < 1.29 is 0 Å². The lowest BCUT2D eigenvalue weighted by Gasteiger charge is -2.20. The van der Waals surface area contributed by atoms with Crippen LogP contribution < -0.4 is 5.73 Å². The van der Waals surface area contributed by atoms with Crippen LogP contribution in [0, 0.1) is 0 Å². The van der Waals surface area contributed by atoms with E-state index in [4.69, 9.17) is 5.73 Å². The molecular weight excluding hydrogens is 278 g/mol. The van der Waals surface area contributed by atoms with E-state index in [9.17, 15) is 0 Å². The van der Waals surface area contributed by atoms with Gasteiger partial charge in [0.2, 0.25) is 0 Å². The molecule has 0 bridgehead atoms. The summed E-state index contributed by atoms with van der Waals surface area (Å²) >= 11 is 7.11. The van der Waals surface area contributed by atoms with E-state index >= 15 is 0 Å². The van der Waals surface area contributed by atoms with Gasteiger partial charge in [-0.1, -0.05) is 20.8 Å². The van der Waals surface area contributed by atoms with E-state index < -0.39 is 0 Å². The number of thioether (sulfide) groups is 1. The lowest BCUT2D eigenvalue weighted by atomic mass is 10.2. The largest absolute Gasteiger partial charge is 0.323 e. The van der Waals surface area contributed by atoms with Crippen molar-refractivity contribution in [3.8, 4) is 0 Å². The Balaban J connectivity index is 2.51. The van der Waals surface area contributed by atoms with Crippen molar-refractivity contribution in [2.45, 2.75) is 31.6 Å². The lowest BCUT2D eigenvalue weighted by molar-refractivity contribution is 0.779. The van der Waals surface area contributed by atoms with Crippen molar-refractivity contribution >= 4 is 39.0 Å². The molecule has 0 spiro atoms. The molecule has 1 rings (SSSR count). The zero-order chi connectivity index (χ0) is 10.8. The minimum atomic E-state index is 0.139. The molecule has 1 aromatic heterocycles. The Hall–Kier alpha value is 0.490. The summed E-state index contributed by atoms with van der Waals surface area (Å²) in [6.07, 6.45) is 0. The molecule has 0 aromatic carbocycles. The first kappa shape index (κ1) is 12.6. The Morgan fingerprint density at radius 2 is 2.14 bits per heavy atom. The Morgan fingerprint density at radius 1 is 1.50 bits per heavy atom. The molecule has 1 atom stereocenters. The second kappa shape index (κ2) is 5.01. The molecule has 1 nitrogen and oxygen atoms in total. The Bertz CT molecular complexity index is 291. The molecule has 0 aliphatic carbocycles. The topological polar surface area (TPSA) is 26.0 Å². The molecule has 1 heterocycles. The Kier molecular flexibility index (Phi) is 4.50. The average Bonchev–Trinajstić information content (AvgIpc) is 2.46. The van der Waals surface area contributed by atoms with Crippen LogP contribution in [0.2, 0.25) is 0 Å². The van der Waals surface area contributed by atoms with Gasteiger partial charge in [-0.15, -0.1) is 0 Å². The van der Waals surface area contributed by atoms with Gasteiger partial charge in [0.25, 0.3) is 0 Å². The van der Waals surface area contributed by atoms with Crippen LogP contribution in [-0.2, 0) is 0 Å². The summed E-state index contributed by atoms with van der Waals surface area (Å²) in [5, 5.41) is 4.20. The third kappa shape index (κ3) is 3.93. The monoisotopic (exact) mass is 293 g/mol. The van der Waals surface area contributed by atoms with Crippen molar-refractivity contribution in [3.63, 3.8) is 0 Å². The maximum absolute atomic E-state index is 6.10. The fraction of sp³-hybridized carbons (Fsp3) is 0.600. The second-order valence-corrected chi connectivity index (χ2v) is 7.65. The van der Waals surface area contributed by atoms with Gasteiger partial charge in [0, 0.05) is 26.4 Å². The fourth-order valence-electron chi connectivity index (χ4n) is 0.985. The number of nitrogens with two attached hydrogens (primary N) is 1. The van der Waals surface area contributed by atoms with Crippen LogP contribution in [0.25, 0.3) is 0 Å².